The number of amides is 3. The molecule has 20 heavy (non-hydrogen) atoms. The lowest BCUT2D eigenvalue weighted by Crippen LogP contribution is -2.45. The van der Waals surface area contributed by atoms with Gasteiger partial charge in [0.15, 0.2) is 6.10 Å². The molecule has 6 nitrogen and oxygen atoms in total. The standard InChI is InChI=1S/C13H15BrN2O4/c1-7(2)10(11(17)16-13(15)19)20-12(18)8-5-3-4-6-9(8)14/h3-7,10H,1-2H3,(H3,15,16,17,19)/t10-/m0/s1. The highest BCUT2D eigenvalue weighted by Gasteiger charge is 2.28. The summed E-state index contributed by atoms with van der Waals surface area (Å²) in [5.41, 5.74) is 5.17. The van der Waals surface area contributed by atoms with Crippen LogP contribution >= 0.6 is 15.9 Å². The van der Waals surface area contributed by atoms with Gasteiger partial charge >= 0.3 is 12.0 Å². The third kappa shape index (κ3) is 4.34. The molecular formula is C13H15BrN2O4. The van der Waals surface area contributed by atoms with E-state index in [2.05, 4.69) is 15.9 Å². The number of urea groups is 1. The molecule has 3 amide bonds. The van der Waals surface area contributed by atoms with Crippen LogP contribution in [0.1, 0.15) is 24.2 Å². The average Bonchev–Trinajstić information content (AvgIpc) is 2.34. The maximum absolute atomic E-state index is 12.0. The molecule has 1 aromatic carbocycles. The smallest absolute Gasteiger partial charge is 0.340 e. The zero-order valence-electron chi connectivity index (χ0n) is 11.1. The van der Waals surface area contributed by atoms with Gasteiger partial charge in [-0.05, 0) is 34.0 Å². The number of carbonyl (C=O) groups excluding carboxylic acids is 3. The number of primary amides is 1. The van der Waals surface area contributed by atoms with E-state index < -0.39 is 24.0 Å². The number of carbonyl (C=O) groups is 3. The van der Waals surface area contributed by atoms with Crippen LogP contribution in [0.4, 0.5) is 4.79 Å². The molecule has 0 aliphatic carbocycles. The molecule has 0 aromatic heterocycles. The van der Waals surface area contributed by atoms with Crippen LogP contribution in [0.25, 0.3) is 0 Å². The molecule has 3 N–H and O–H groups in total. The minimum atomic E-state index is -1.10. The Bertz CT molecular complexity index is 531. The highest BCUT2D eigenvalue weighted by molar-refractivity contribution is 9.10. The molecule has 0 aliphatic rings. The van der Waals surface area contributed by atoms with Crippen LogP contribution in [-0.2, 0) is 9.53 Å². The summed E-state index contributed by atoms with van der Waals surface area (Å²) in [7, 11) is 0. The first kappa shape index (κ1) is 16.2. The van der Waals surface area contributed by atoms with Gasteiger partial charge in [-0.1, -0.05) is 26.0 Å². The number of nitrogens with one attached hydrogen (secondary N) is 1. The predicted octanol–water partition coefficient (Wildman–Crippen LogP) is 1.83. The minimum absolute atomic E-state index is 0.296. The van der Waals surface area contributed by atoms with Crippen molar-refractivity contribution in [2.45, 2.75) is 20.0 Å². The third-order valence-corrected chi connectivity index (χ3v) is 3.13. The number of ether oxygens (including phenoxy) is 1. The number of hydrogen-bond donors (Lipinski definition) is 2. The number of esters is 1. The van der Waals surface area contributed by atoms with Gasteiger partial charge in [-0.3, -0.25) is 10.1 Å². The van der Waals surface area contributed by atoms with E-state index in [1.165, 1.54) is 0 Å². The topological polar surface area (TPSA) is 98.5 Å². The summed E-state index contributed by atoms with van der Waals surface area (Å²) in [5, 5.41) is 1.91. The zero-order chi connectivity index (χ0) is 15.3. The van der Waals surface area contributed by atoms with Crippen LogP contribution in [0, 0.1) is 5.92 Å². The quantitative estimate of drug-likeness (QED) is 0.815. The van der Waals surface area contributed by atoms with Crippen LogP contribution in [0.2, 0.25) is 0 Å². The van der Waals surface area contributed by atoms with Crippen molar-refractivity contribution in [2.24, 2.45) is 11.7 Å². The molecule has 1 atom stereocenters. The largest absolute Gasteiger partial charge is 0.448 e. The van der Waals surface area contributed by atoms with Gasteiger partial charge in [-0.2, -0.15) is 0 Å². The lowest BCUT2D eigenvalue weighted by atomic mass is 10.1. The van der Waals surface area contributed by atoms with Crippen molar-refractivity contribution < 1.29 is 19.1 Å². The van der Waals surface area contributed by atoms with E-state index in [4.69, 9.17) is 10.5 Å². The summed E-state index contributed by atoms with van der Waals surface area (Å²) in [6.45, 7) is 3.39. The van der Waals surface area contributed by atoms with E-state index in [0.29, 0.717) is 10.0 Å². The molecule has 0 spiro atoms. The maximum atomic E-state index is 12.0. The number of nitrogens with two attached hydrogens (primary N) is 1. The van der Waals surface area contributed by atoms with E-state index >= 15 is 0 Å². The monoisotopic (exact) mass is 342 g/mol. The summed E-state index contributed by atoms with van der Waals surface area (Å²) in [6, 6.07) is 5.69. The van der Waals surface area contributed by atoms with Crippen LogP contribution in [-0.4, -0.2) is 24.0 Å². The van der Waals surface area contributed by atoms with Crippen LogP contribution in [0.3, 0.4) is 0 Å². The molecule has 7 heteroatoms. The number of imide groups is 1. The molecule has 108 valence electrons. The van der Waals surface area contributed by atoms with Gasteiger partial charge in [-0.15, -0.1) is 0 Å². The molecular weight excluding hydrogens is 328 g/mol. The first-order chi connectivity index (χ1) is 9.32. The van der Waals surface area contributed by atoms with Gasteiger partial charge < -0.3 is 10.5 Å². The summed E-state index contributed by atoms with van der Waals surface area (Å²) in [6.07, 6.45) is -1.10. The number of hydrogen-bond acceptors (Lipinski definition) is 4. The molecule has 1 rings (SSSR count). The van der Waals surface area contributed by atoms with Crippen molar-refractivity contribution in [3.05, 3.63) is 34.3 Å². The lowest BCUT2D eigenvalue weighted by molar-refractivity contribution is -0.130. The average molecular weight is 343 g/mol. The van der Waals surface area contributed by atoms with Crippen molar-refractivity contribution >= 4 is 33.8 Å². The Morgan fingerprint density at radius 2 is 1.85 bits per heavy atom. The molecule has 0 saturated carbocycles. The zero-order valence-corrected chi connectivity index (χ0v) is 12.6. The Morgan fingerprint density at radius 3 is 2.35 bits per heavy atom. The summed E-state index contributed by atoms with van der Waals surface area (Å²) in [4.78, 5) is 34.5. The second kappa shape index (κ2) is 7.04. The Hall–Kier alpha value is -1.89. The first-order valence-electron chi connectivity index (χ1n) is 5.88. The fraction of sp³-hybridized carbons (Fsp3) is 0.308. The van der Waals surface area contributed by atoms with Gasteiger partial charge in [0.2, 0.25) is 0 Å². The van der Waals surface area contributed by atoms with E-state index in [9.17, 15) is 14.4 Å². The van der Waals surface area contributed by atoms with Crippen molar-refractivity contribution in [3.8, 4) is 0 Å². The van der Waals surface area contributed by atoms with Crippen molar-refractivity contribution in [1.29, 1.82) is 0 Å². The summed E-state index contributed by atoms with van der Waals surface area (Å²) < 4.78 is 5.71. The van der Waals surface area contributed by atoms with E-state index in [0.717, 1.165) is 0 Å². The van der Waals surface area contributed by atoms with Gasteiger partial charge in [-0.25, -0.2) is 9.59 Å². The van der Waals surface area contributed by atoms with Gasteiger partial charge in [0.25, 0.3) is 5.91 Å². The summed E-state index contributed by atoms with van der Waals surface area (Å²) >= 11 is 3.23. The normalized spacial score (nSPS) is 11.8. The minimum Gasteiger partial charge on any atom is -0.448 e. The fourth-order valence-corrected chi connectivity index (χ4v) is 1.94. The number of halogens is 1. The van der Waals surface area contributed by atoms with E-state index in [-0.39, 0.29) is 5.92 Å². The van der Waals surface area contributed by atoms with Crippen LogP contribution in [0.15, 0.2) is 28.7 Å². The van der Waals surface area contributed by atoms with Crippen molar-refractivity contribution in [1.82, 2.24) is 5.32 Å². The lowest BCUT2D eigenvalue weighted by Gasteiger charge is -2.20. The number of benzene rings is 1. The molecule has 0 fully saturated rings. The SMILES string of the molecule is CC(C)[C@H](OC(=O)c1ccccc1Br)C(=O)NC(N)=O. The van der Waals surface area contributed by atoms with Crippen LogP contribution < -0.4 is 11.1 Å². The van der Waals surface area contributed by atoms with Gasteiger partial charge in [0.05, 0.1) is 5.56 Å². The molecule has 0 heterocycles. The maximum Gasteiger partial charge on any atom is 0.340 e. The first-order valence-corrected chi connectivity index (χ1v) is 6.68. The van der Waals surface area contributed by atoms with Gasteiger partial charge in [0.1, 0.15) is 0 Å². The Labute approximate surface area is 124 Å². The van der Waals surface area contributed by atoms with E-state index in [1.807, 2.05) is 5.32 Å². The highest BCUT2D eigenvalue weighted by atomic mass is 79.9. The Morgan fingerprint density at radius 1 is 1.25 bits per heavy atom. The van der Waals surface area contributed by atoms with E-state index in [1.54, 1.807) is 38.1 Å². The molecule has 0 radical (unpaired) electrons. The fourth-order valence-electron chi connectivity index (χ4n) is 1.49. The van der Waals surface area contributed by atoms with Crippen molar-refractivity contribution in [3.63, 3.8) is 0 Å². The molecule has 1 aromatic rings. The third-order valence-electron chi connectivity index (χ3n) is 2.44. The highest BCUT2D eigenvalue weighted by Crippen LogP contribution is 2.19. The van der Waals surface area contributed by atoms with Gasteiger partial charge in [0, 0.05) is 4.47 Å². The second-order valence-corrected chi connectivity index (χ2v) is 5.26. The summed E-state index contributed by atoms with van der Waals surface area (Å²) in [5.74, 6) is -1.70. The molecule has 0 unspecified atom stereocenters. The molecule has 0 bridgehead atoms. The predicted molar refractivity (Wildman–Crippen MR) is 75.9 cm³/mol. The number of rotatable bonds is 4. The molecule has 0 aliphatic heterocycles. The Balaban J connectivity index is 2.86. The second-order valence-electron chi connectivity index (χ2n) is 4.40. The Kier molecular flexibility index (Phi) is 5.69. The van der Waals surface area contributed by atoms with Crippen molar-refractivity contribution in [2.75, 3.05) is 0 Å². The molecule has 0 saturated heterocycles. The van der Waals surface area contributed by atoms with Crippen LogP contribution in [0.5, 0.6) is 0 Å².